The van der Waals surface area contributed by atoms with Crippen molar-refractivity contribution in [1.29, 1.82) is 0 Å². The highest BCUT2D eigenvalue weighted by atomic mass is 28.3. The average molecular weight is 681 g/mol. The smallest absolute Gasteiger partial charge is 0.162 e. The molecule has 0 aliphatic heterocycles. The molecule has 7 heteroatoms. The second-order valence-electron chi connectivity index (χ2n) is 15.8. The summed E-state index contributed by atoms with van der Waals surface area (Å²) in [7, 11) is 23.1. The summed E-state index contributed by atoms with van der Waals surface area (Å²) in [6, 6.07) is 15.2. The zero-order valence-corrected chi connectivity index (χ0v) is 35.2. The first-order valence-electron chi connectivity index (χ1n) is 17.5. The van der Waals surface area contributed by atoms with Crippen LogP contribution in [0.5, 0.6) is 0 Å². The first-order chi connectivity index (χ1) is 22.6. The van der Waals surface area contributed by atoms with E-state index in [1.165, 1.54) is 83.1 Å². The summed E-state index contributed by atoms with van der Waals surface area (Å²) in [4.78, 5) is 13.8. The number of allylic oxidation sites excluding steroid dienone is 4. The summed E-state index contributed by atoms with van der Waals surface area (Å²) >= 11 is 0. The molecule has 0 spiro atoms. The Kier molecular flexibility index (Phi) is 10.4. The first kappa shape index (κ1) is 38.0. The van der Waals surface area contributed by atoms with Gasteiger partial charge < -0.3 is 29.4 Å². The van der Waals surface area contributed by atoms with Crippen LogP contribution in [0.25, 0.3) is 0 Å². The predicted octanol–water partition coefficient (Wildman–Crippen LogP) is 6.53. The van der Waals surface area contributed by atoms with Gasteiger partial charge in [-0.25, -0.2) is 0 Å². The molecule has 3 aromatic rings. The van der Waals surface area contributed by atoms with Crippen LogP contribution in [0.3, 0.4) is 0 Å². The van der Waals surface area contributed by atoms with E-state index >= 15 is 0 Å². The molecule has 6 nitrogen and oxygen atoms in total. The van der Waals surface area contributed by atoms with Gasteiger partial charge >= 0.3 is 0 Å². The van der Waals surface area contributed by atoms with Gasteiger partial charge in [0.1, 0.15) is 0 Å². The lowest BCUT2D eigenvalue weighted by atomic mass is 10.0. The maximum atomic E-state index is 2.63. The Bertz CT molecular complexity index is 1550. The summed E-state index contributed by atoms with van der Waals surface area (Å²) in [5.74, 6) is 0. The van der Waals surface area contributed by atoms with Crippen LogP contribution in [-0.2, 0) is 0 Å². The van der Waals surface area contributed by atoms with E-state index in [-0.39, 0.29) is 5.04 Å². The SMILES string of the molecule is CC1=CC(C)([Si](c2cc(N(C)C)c(C)c(N(C)C)c2)(c2cc(N(C)C)c(C)c(N(C)C)c2)c2cc(N(C)C)c(C)c(N(C)C)c2)C(C)=C1C. The second kappa shape index (κ2) is 13.5. The van der Waals surface area contributed by atoms with E-state index in [1.54, 1.807) is 0 Å². The molecule has 0 bridgehead atoms. The molecule has 266 valence electrons. The molecule has 1 unspecified atom stereocenters. The fraction of sp³-hybridized carbons (Fsp3) is 0.476. The topological polar surface area (TPSA) is 19.4 Å². The van der Waals surface area contributed by atoms with E-state index in [2.05, 4.69) is 205 Å². The minimum absolute atomic E-state index is 0.269. The lowest BCUT2D eigenvalue weighted by molar-refractivity contribution is 0.870. The molecule has 0 saturated heterocycles. The fourth-order valence-corrected chi connectivity index (χ4v) is 14.7. The van der Waals surface area contributed by atoms with Gasteiger partial charge in [-0.05, 0) is 116 Å². The summed E-state index contributed by atoms with van der Waals surface area (Å²) < 4.78 is 0. The van der Waals surface area contributed by atoms with Gasteiger partial charge in [-0.15, -0.1) is 0 Å². The summed E-state index contributed by atoms with van der Waals surface area (Å²) in [5, 5.41) is 3.99. The van der Waals surface area contributed by atoms with Crippen molar-refractivity contribution in [3.63, 3.8) is 0 Å². The molecule has 1 aliphatic carbocycles. The highest BCUT2D eigenvalue weighted by molar-refractivity contribution is 7.14. The molecular weight excluding hydrogens is 617 g/mol. The van der Waals surface area contributed by atoms with E-state index in [4.69, 9.17) is 0 Å². The largest absolute Gasteiger partial charge is 0.377 e. The number of benzene rings is 3. The van der Waals surface area contributed by atoms with E-state index in [0.29, 0.717) is 0 Å². The number of anilines is 6. The molecule has 0 aromatic heterocycles. The molecule has 0 saturated carbocycles. The number of hydrogen-bond acceptors (Lipinski definition) is 6. The Morgan fingerprint density at radius 2 is 0.633 bits per heavy atom. The highest BCUT2D eigenvalue weighted by Crippen LogP contribution is 2.54. The van der Waals surface area contributed by atoms with Crippen molar-refractivity contribution < 1.29 is 0 Å². The lowest BCUT2D eigenvalue weighted by Crippen LogP contribution is -2.73. The van der Waals surface area contributed by atoms with Gasteiger partial charge in [0.05, 0.1) is 0 Å². The van der Waals surface area contributed by atoms with E-state index in [0.717, 1.165) is 0 Å². The molecule has 0 radical (unpaired) electrons. The van der Waals surface area contributed by atoms with Crippen molar-refractivity contribution >= 4 is 57.8 Å². The highest BCUT2D eigenvalue weighted by Gasteiger charge is 2.57. The lowest BCUT2D eigenvalue weighted by Gasteiger charge is -2.48. The normalized spacial score (nSPS) is 16.2. The Labute approximate surface area is 300 Å². The minimum atomic E-state index is -3.09. The average Bonchev–Trinajstić information content (AvgIpc) is 3.20. The molecule has 0 amide bonds. The first-order valence-corrected chi connectivity index (χ1v) is 19.5. The Morgan fingerprint density at radius 3 is 0.796 bits per heavy atom. The molecular formula is C42H64N6Si. The molecule has 49 heavy (non-hydrogen) atoms. The van der Waals surface area contributed by atoms with Crippen molar-refractivity contribution in [2.75, 3.05) is 114 Å². The Morgan fingerprint density at radius 1 is 0.408 bits per heavy atom. The second-order valence-corrected chi connectivity index (χ2v) is 20.1. The number of hydrogen-bond donors (Lipinski definition) is 0. The van der Waals surface area contributed by atoms with Crippen molar-refractivity contribution in [3.05, 3.63) is 75.9 Å². The Balaban J connectivity index is 2.50. The molecule has 0 N–H and O–H groups in total. The van der Waals surface area contributed by atoms with Crippen LogP contribution in [0.15, 0.2) is 59.2 Å². The van der Waals surface area contributed by atoms with Crippen LogP contribution in [0.4, 0.5) is 34.1 Å². The third-order valence-electron chi connectivity index (χ3n) is 11.5. The van der Waals surface area contributed by atoms with Crippen molar-refractivity contribution in [1.82, 2.24) is 0 Å². The molecule has 4 rings (SSSR count). The van der Waals surface area contributed by atoms with E-state index < -0.39 is 8.07 Å². The van der Waals surface area contributed by atoms with Gasteiger partial charge in [0.2, 0.25) is 0 Å². The van der Waals surface area contributed by atoms with Crippen LogP contribution in [0, 0.1) is 20.8 Å². The maximum Gasteiger partial charge on any atom is 0.162 e. The quantitative estimate of drug-likeness (QED) is 0.178. The number of rotatable bonds is 10. The van der Waals surface area contributed by atoms with Crippen molar-refractivity contribution in [2.45, 2.75) is 53.5 Å². The standard InChI is InChI=1S/C42H64N6Si/c1-27-26-42(7,32(6)28(27)2)49(33-20-36(43(8)9)29(3)37(21-33)44(10)11,34-22-38(45(12)13)30(4)39(23-34)46(14)15)35-24-40(47(16)17)31(5)41(25-35)48(18)19/h20-26H,1-19H3. The summed E-state index contributed by atoms with van der Waals surface area (Å²) in [5.41, 5.74) is 15.7. The van der Waals surface area contributed by atoms with Gasteiger partial charge in [-0.3, -0.25) is 0 Å². The minimum Gasteiger partial charge on any atom is -0.377 e. The third kappa shape index (κ3) is 6.02. The monoisotopic (exact) mass is 680 g/mol. The van der Waals surface area contributed by atoms with E-state index in [9.17, 15) is 0 Å². The molecule has 0 heterocycles. The van der Waals surface area contributed by atoms with Crippen LogP contribution in [0.2, 0.25) is 5.04 Å². The molecule has 3 aromatic carbocycles. The van der Waals surface area contributed by atoms with Crippen LogP contribution < -0.4 is 45.0 Å². The van der Waals surface area contributed by atoms with Crippen molar-refractivity contribution in [2.24, 2.45) is 0 Å². The zero-order chi connectivity index (χ0) is 37.1. The maximum absolute atomic E-state index is 3.09. The molecule has 0 fully saturated rings. The van der Waals surface area contributed by atoms with Gasteiger partial charge in [0.25, 0.3) is 0 Å². The van der Waals surface area contributed by atoms with E-state index in [1.807, 2.05) is 0 Å². The number of nitrogens with zero attached hydrogens (tertiary/aromatic N) is 6. The fourth-order valence-electron chi connectivity index (χ4n) is 8.61. The van der Waals surface area contributed by atoms with Crippen molar-refractivity contribution in [3.8, 4) is 0 Å². The molecule has 1 aliphatic rings. The van der Waals surface area contributed by atoms with Crippen LogP contribution >= 0.6 is 0 Å². The zero-order valence-electron chi connectivity index (χ0n) is 34.2. The van der Waals surface area contributed by atoms with Gasteiger partial charge in [-0.1, -0.05) is 24.1 Å². The molecule has 1 atom stereocenters. The Hall–Kier alpha value is -3.84. The van der Waals surface area contributed by atoms with Crippen LogP contribution in [-0.4, -0.2) is 92.6 Å². The predicted molar refractivity (Wildman–Crippen MR) is 225 cm³/mol. The van der Waals surface area contributed by atoms with Crippen LogP contribution in [0.1, 0.15) is 44.4 Å². The van der Waals surface area contributed by atoms with Gasteiger partial charge in [0.15, 0.2) is 8.07 Å². The summed E-state index contributed by atoms with van der Waals surface area (Å²) in [6.45, 7) is 16.4. The van der Waals surface area contributed by atoms with Gasteiger partial charge in [0, 0.05) is 124 Å². The summed E-state index contributed by atoms with van der Waals surface area (Å²) in [6.07, 6.45) is 2.63. The third-order valence-corrected chi connectivity index (χ3v) is 17.0. The van der Waals surface area contributed by atoms with Gasteiger partial charge in [-0.2, -0.15) is 0 Å².